The van der Waals surface area contributed by atoms with Crippen molar-refractivity contribution in [1.29, 1.82) is 0 Å². The van der Waals surface area contributed by atoms with Crippen LogP contribution in [-0.4, -0.2) is 16.8 Å². The molecular weight excluding hydrogens is 346 g/mol. The molecule has 0 bridgehead atoms. The Labute approximate surface area is 159 Å². The number of halogens is 2. The Bertz CT molecular complexity index is 827. The molecule has 144 valence electrons. The number of allylic oxidation sites excluding steroid dienone is 2. The first-order valence-electron chi connectivity index (χ1n) is 9.70. The molecule has 0 spiro atoms. The van der Waals surface area contributed by atoms with Crippen LogP contribution in [-0.2, 0) is 6.42 Å². The fourth-order valence-electron chi connectivity index (χ4n) is 3.93. The number of aliphatic hydroxyl groups is 1. The first kappa shape index (κ1) is 19.6. The van der Waals surface area contributed by atoms with Crippen LogP contribution in [0.3, 0.4) is 0 Å². The summed E-state index contributed by atoms with van der Waals surface area (Å²) in [6.45, 7) is 0.205. The number of phenols is 1. The van der Waals surface area contributed by atoms with Crippen LogP contribution in [0, 0.1) is 11.6 Å². The molecule has 0 aromatic heterocycles. The van der Waals surface area contributed by atoms with Gasteiger partial charge in [0.25, 0.3) is 0 Å². The Kier molecular flexibility index (Phi) is 6.62. The number of hydrogen-bond donors (Lipinski definition) is 2. The number of fused-ring (bicyclic) bond motifs is 1. The summed E-state index contributed by atoms with van der Waals surface area (Å²) >= 11 is 0. The van der Waals surface area contributed by atoms with Crippen molar-refractivity contribution in [3.8, 4) is 5.75 Å². The van der Waals surface area contributed by atoms with Gasteiger partial charge in [-0.15, -0.1) is 0 Å². The zero-order valence-corrected chi connectivity index (χ0v) is 15.5. The SMILES string of the molecule is OCCCCCCC1=C(c2ccc(F)cc2F)CCCc2cc(O)ccc21. The van der Waals surface area contributed by atoms with E-state index in [0.717, 1.165) is 79.7 Å². The molecular formula is C23H26F2O2. The monoisotopic (exact) mass is 372 g/mol. The third-order valence-electron chi connectivity index (χ3n) is 5.24. The molecule has 2 nitrogen and oxygen atoms in total. The first-order chi connectivity index (χ1) is 13.1. The molecule has 0 radical (unpaired) electrons. The molecule has 1 aliphatic rings. The molecule has 2 aromatic rings. The maximum Gasteiger partial charge on any atom is 0.133 e. The highest BCUT2D eigenvalue weighted by atomic mass is 19.1. The second-order valence-electron chi connectivity index (χ2n) is 7.16. The summed E-state index contributed by atoms with van der Waals surface area (Å²) in [6.07, 6.45) is 6.91. The summed E-state index contributed by atoms with van der Waals surface area (Å²) in [4.78, 5) is 0. The van der Waals surface area contributed by atoms with Crippen molar-refractivity contribution >= 4 is 11.1 Å². The fraction of sp³-hybridized carbons (Fsp3) is 0.391. The van der Waals surface area contributed by atoms with E-state index in [1.54, 1.807) is 12.1 Å². The van der Waals surface area contributed by atoms with Crippen molar-refractivity contribution in [3.63, 3.8) is 0 Å². The van der Waals surface area contributed by atoms with E-state index in [1.165, 1.54) is 12.1 Å². The van der Waals surface area contributed by atoms with Crippen LogP contribution in [0.4, 0.5) is 8.78 Å². The lowest BCUT2D eigenvalue weighted by Crippen LogP contribution is -1.97. The van der Waals surface area contributed by atoms with E-state index in [-0.39, 0.29) is 12.4 Å². The quantitative estimate of drug-likeness (QED) is 0.598. The molecule has 3 rings (SSSR count). The molecule has 0 atom stereocenters. The van der Waals surface area contributed by atoms with Crippen LogP contribution in [0.5, 0.6) is 5.75 Å². The number of unbranched alkanes of at least 4 members (excludes halogenated alkanes) is 3. The van der Waals surface area contributed by atoms with Crippen molar-refractivity contribution in [2.75, 3.05) is 6.61 Å². The van der Waals surface area contributed by atoms with Gasteiger partial charge in [-0.3, -0.25) is 0 Å². The van der Waals surface area contributed by atoms with Gasteiger partial charge in [-0.1, -0.05) is 18.9 Å². The highest BCUT2D eigenvalue weighted by Gasteiger charge is 2.21. The average Bonchev–Trinajstić information content (AvgIpc) is 2.81. The maximum absolute atomic E-state index is 14.5. The molecule has 2 aromatic carbocycles. The zero-order chi connectivity index (χ0) is 19.2. The van der Waals surface area contributed by atoms with E-state index in [9.17, 15) is 13.9 Å². The lowest BCUT2D eigenvalue weighted by Gasteiger charge is -2.17. The van der Waals surface area contributed by atoms with E-state index in [0.29, 0.717) is 5.56 Å². The van der Waals surface area contributed by atoms with E-state index < -0.39 is 11.6 Å². The van der Waals surface area contributed by atoms with Gasteiger partial charge in [0.2, 0.25) is 0 Å². The Morgan fingerprint density at radius 3 is 2.41 bits per heavy atom. The van der Waals surface area contributed by atoms with Crippen LogP contribution < -0.4 is 0 Å². The van der Waals surface area contributed by atoms with Gasteiger partial charge in [0.05, 0.1) is 0 Å². The Morgan fingerprint density at radius 2 is 1.63 bits per heavy atom. The average molecular weight is 372 g/mol. The van der Waals surface area contributed by atoms with Crippen LogP contribution in [0.1, 0.15) is 61.6 Å². The van der Waals surface area contributed by atoms with Gasteiger partial charge in [-0.05, 0) is 85.1 Å². The minimum atomic E-state index is -0.568. The molecule has 0 saturated heterocycles. The van der Waals surface area contributed by atoms with E-state index in [2.05, 4.69) is 0 Å². The minimum Gasteiger partial charge on any atom is -0.508 e. The topological polar surface area (TPSA) is 40.5 Å². The Morgan fingerprint density at radius 1 is 0.852 bits per heavy atom. The standard InChI is InChI=1S/C23H26F2O2/c24-17-9-11-22(23(25)15-17)21-8-5-6-16-14-18(27)10-12-19(16)20(21)7-3-1-2-4-13-26/h9-12,14-15,26-27H,1-8,13H2. The lowest BCUT2D eigenvalue weighted by molar-refractivity contribution is 0.282. The summed E-state index contributed by atoms with van der Waals surface area (Å²) in [5.41, 5.74) is 4.66. The molecule has 27 heavy (non-hydrogen) atoms. The Hall–Kier alpha value is -2.20. The van der Waals surface area contributed by atoms with E-state index in [1.807, 2.05) is 6.07 Å². The molecule has 0 unspecified atom stereocenters. The molecule has 1 aliphatic carbocycles. The minimum absolute atomic E-state index is 0.205. The predicted octanol–water partition coefficient (Wildman–Crippen LogP) is 5.86. The molecule has 0 fully saturated rings. The normalized spacial score (nSPS) is 14.2. The largest absolute Gasteiger partial charge is 0.508 e. The van der Waals surface area contributed by atoms with Gasteiger partial charge >= 0.3 is 0 Å². The molecule has 0 saturated carbocycles. The van der Waals surface area contributed by atoms with Crippen molar-refractivity contribution in [2.45, 2.75) is 51.4 Å². The van der Waals surface area contributed by atoms with Crippen molar-refractivity contribution in [1.82, 2.24) is 0 Å². The van der Waals surface area contributed by atoms with Crippen molar-refractivity contribution in [2.24, 2.45) is 0 Å². The second kappa shape index (κ2) is 9.14. The van der Waals surface area contributed by atoms with Crippen LogP contribution >= 0.6 is 0 Å². The van der Waals surface area contributed by atoms with Gasteiger partial charge in [0, 0.05) is 18.2 Å². The molecule has 0 heterocycles. The van der Waals surface area contributed by atoms with E-state index in [4.69, 9.17) is 5.11 Å². The number of aryl methyl sites for hydroxylation is 1. The Balaban J connectivity index is 2.01. The predicted molar refractivity (Wildman–Crippen MR) is 104 cm³/mol. The molecule has 4 heteroatoms. The summed E-state index contributed by atoms with van der Waals surface area (Å²) < 4.78 is 27.9. The fourth-order valence-corrected chi connectivity index (χ4v) is 3.93. The highest BCUT2D eigenvalue weighted by Crippen LogP contribution is 2.40. The summed E-state index contributed by atoms with van der Waals surface area (Å²) in [5, 5.41) is 18.8. The van der Waals surface area contributed by atoms with Crippen molar-refractivity contribution in [3.05, 3.63) is 64.7 Å². The third kappa shape index (κ3) is 4.75. The van der Waals surface area contributed by atoms with Crippen LogP contribution in [0.15, 0.2) is 36.4 Å². The van der Waals surface area contributed by atoms with Crippen molar-refractivity contribution < 1.29 is 19.0 Å². The van der Waals surface area contributed by atoms with Crippen LogP contribution in [0.25, 0.3) is 11.1 Å². The third-order valence-corrected chi connectivity index (χ3v) is 5.24. The molecule has 0 aliphatic heterocycles. The number of aromatic hydroxyl groups is 1. The summed E-state index contributed by atoms with van der Waals surface area (Å²) in [7, 11) is 0. The van der Waals surface area contributed by atoms with E-state index >= 15 is 0 Å². The van der Waals surface area contributed by atoms with Gasteiger partial charge in [-0.2, -0.15) is 0 Å². The number of aliphatic hydroxyl groups excluding tert-OH is 1. The first-order valence-corrected chi connectivity index (χ1v) is 9.70. The summed E-state index contributed by atoms with van der Waals surface area (Å²) in [5.74, 6) is -0.848. The van der Waals surface area contributed by atoms with Crippen LogP contribution in [0.2, 0.25) is 0 Å². The highest BCUT2D eigenvalue weighted by molar-refractivity contribution is 5.92. The van der Waals surface area contributed by atoms with Gasteiger partial charge < -0.3 is 10.2 Å². The number of hydrogen-bond acceptors (Lipinski definition) is 2. The number of rotatable bonds is 7. The second-order valence-corrected chi connectivity index (χ2v) is 7.16. The molecule has 2 N–H and O–H groups in total. The smallest absolute Gasteiger partial charge is 0.133 e. The lowest BCUT2D eigenvalue weighted by atomic mass is 9.88. The number of phenolic OH excluding ortho intramolecular Hbond substituents is 1. The van der Waals surface area contributed by atoms with Gasteiger partial charge in [0.15, 0.2) is 0 Å². The number of benzene rings is 2. The summed E-state index contributed by atoms with van der Waals surface area (Å²) in [6, 6.07) is 9.19. The molecule has 0 amide bonds. The van der Waals surface area contributed by atoms with Gasteiger partial charge in [-0.25, -0.2) is 8.78 Å². The zero-order valence-electron chi connectivity index (χ0n) is 15.5. The van der Waals surface area contributed by atoms with Gasteiger partial charge in [0.1, 0.15) is 17.4 Å². The maximum atomic E-state index is 14.5.